The topological polar surface area (TPSA) is 66.4 Å². The summed E-state index contributed by atoms with van der Waals surface area (Å²) >= 11 is 0. The van der Waals surface area contributed by atoms with Gasteiger partial charge in [-0.05, 0) is 39.5 Å². The number of quaternary nitrogens is 1. The van der Waals surface area contributed by atoms with Gasteiger partial charge in [0.25, 0.3) is 0 Å². The molecule has 0 bridgehead atoms. The third-order valence-corrected chi connectivity index (χ3v) is 5.99. The van der Waals surface area contributed by atoms with Crippen LogP contribution in [0.2, 0.25) is 0 Å². The number of likely N-dealkylation sites (N-methyl/N-ethyl adjacent to an activating group) is 1. The number of aliphatic carboxylic acids is 1. The van der Waals surface area contributed by atoms with Gasteiger partial charge in [-0.25, -0.2) is 4.79 Å². The summed E-state index contributed by atoms with van der Waals surface area (Å²) in [5.41, 5.74) is -1.07. The monoisotopic (exact) mass is 371 g/mol. The SMILES string of the molecule is CCC(C)(C)CC(C)(C)C(=O)NC(C)(C)CC(C)(C)[N+](C)(C)CC(=O)O. The lowest BCUT2D eigenvalue weighted by Crippen LogP contribution is -2.63. The van der Waals surface area contributed by atoms with E-state index in [1.807, 2.05) is 41.8 Å². The van der Waals surface area contributed by atoms with Crippen LogP contribution >= 0.6 is 0 Å². The number of carboxylic acids is 1. The Morgan fingerprint density at radius 3 is 1.77 bits per heavy atom. The first-order valence-corrected chi connectivity index (χ1v) is 9.64. The van der Waals surface area contributed by atoms with Crippen molar-refractivity contribution in [3.63, 3.8) is 0 Å². The quantitative estimate of drug-likeness (QED) is 0.569. The Labute approximate surface area is 161 Å². The molecule has 0 aliphatic heterocycles. The Morgan fingerprint density at radius 1 is 0.923 bits per heavy atom. The number of carboxylic acid groups (broad SMARTS) is 1. The average Bonchev–Trinajstić information content (AvgIpc) is 2.33. The van der Waals surface area contributed by atoms with E-state index in [-0.39, 0.29) is 23.4 Å². The molecule has 1 amide bonds. The zero-order chi connectivity index (χ0) is 21.2. The van der Waals surface area contributed by atoms with Crippen molar-refractivity contribution in [2.45, 2.75) is 92.7 Å². The Morgan fingerprint density at radius 2 is 1.38 bits per heavy atom. The standard InChI is InChI=1S/C21H42N2O3/c1-12-18(2,3)14-19(4,5)17(26)22-20(6,7)15-21(8,9)23(10,11)13-16(24)25/h12-15H2,1-11H3,(H-,22,24,25,26)/p+1. The smallest absolute Gasteiger partial charge is 0.359 e. The largest absolute Gasteiger partial charge is 0.477 e. The molecule has 0 aromatic heterocycles. The first-order chi connectivity index (χ1) is 11.3. The molecule has 0 aromatic carbocycles. The van der Waals surface area contributed by atoms with Gasteiger partial charge in [-0.3, -0.25) is 4.79 Å². The van der Waals surface area contributed by atoms with Gasteiger partial charge >= 0.3 is 5.97 Å². The van der Waals surface area contributed by atoms with Gasteiger partial charge in [-0.15, -0.1) is 0 Å². The van der Waals surface area contributed by atoms with Crippen molar-refractivity contribution < 1.29 is 19.2 Å². The molecule has 26 heavy (non-hydrogen) atoms. The first kappa shape index (κ1) is 24.9. The number of rotatable bonds is 10. The van der Waals surface area contributed by atoms with E-state index >= 15 is 0 Å². The van der Waals surface area contributed by atoms with E-state index in [2.05, 4.69) is 39.9 Å². The van der Waals surface area contributed by atoms with Gasteiger partial charge in [-0.1, -0.05) is 41.0 Å². The van der Waals surface area contributed by atoms with Crippen molar-refractivity contribution >= 4 is 11.9 Å². The maximum Gasteiger partial charge on any atom is 0.359 e. The first-order valence-electron chi connectivity index (χ1n) is 9.64. The van der Waals surface area contributed by atoms with Crippen LogP contribution in [0.3, 0.4) is 0 Å². The van der Waals surface area contributed by atoms with Crippen molar-refractivity contribution in [2.75, 3.05) is 20.6 Å². The maximum absolute atomic E-state index is 13.0. The van der Waals surface area contributed by atoms with Crippen LogP contribution in [0.25, 0.3) is 0 Å². The van der Waals surface area contributed by atoms with E-state index in [1.54, 1.807) is 0 Å². The van der Waals surface area contributed by atoms with Gasteiger partial charge in [0, 0.05) is 17.4 Å². The molecule has 5 nitrogen and oxygen atoms in total. The number of nitrogens with zero attached hydrogens (tertiary/aromatic N) is 1. The predicted octanol–water partition coefficient (Wildman–Crippen LogP) is 4.06. The summed E-state index contributed by atoms with van der Waals surface area (Å²) in [5, 5.41) is 12.4. The second kappa shape index (κ2) is 7.87. The summed E-state index contributed by atoms with van der Waals surface area (Å²) in [4.78, 5) is 24.2. The minimum Gasteiger partial charge on any atom is -0.477 e. The summed E-state index contributed by atoms with van der Waals surface area (Å²) in [7, 11) is 3.86. The molecule has 0 saturated carbocycles. The lowest BCUT2D eigenvalue weighted by molar-refractivity contribution is -0.932. The van der Waals surface area contributed by atoms with Crippen LogP contribution in [0.1, 0.15) is 81.6 Å². The predicted molar refractivity (Wildman–Crippen MR) is 108 cm³/mol. The molecule has 0 aliphatic carbocycles. The van der Waals surface area contributed by atoms with Crippen molar-refractivity contribution in [3.8, 4) is 0 Å². The molecular weight excluding hydrogens is 328 g/mol. The van der Waals surface area contributed by atoms with Crippen LogP contribution in [0.5, 0.6) is 0 Å². The molecule has 0 atom stereocenters. The fraction of sp³-hybridized carbons (Fsp3) is 0.905. The molecule has 0 saturated heterocycles. The third-order valence-electron chi connectivity index (χ3n) is 5.99. The zero-order valence-corrected chi connectivity index (χ0v) is 19.0. The van der Waals surface area contributed by atoms with Crippen molar-refractivity contribution in [1.82, 2.24) is 5.32 Å². The van der Waals surface area contributed by atoms with Crippen molar-refractivity contribution in [3.05, 3.63) is 0 Å². The van der Waals surface area contributed by atoms with E-state index < -0.39 is 16.9 Å². The molecule has 2 N–H and O–H groups in total. The minimum atomic E-state index is -0.812. The zero-order valence-electron chi connectivity index (χ0n) is 19.0. The van der Waals surface area contributed by atoms with Gasteiger partial charge in [-0.2, -0.15) is 0 Å². The lowest BCUT2D eigenvalue weighted by atomic mass is 9.72. The van der Waals surface area contributed by atoms with E-state index in [0.29, 0.717) is 10.9 Å². The fourth-order valence-corrected chi connectivity index (χ4v) is 3.77. The van der Waals surface area contributed by atoms with Gasteiger partial charge in [0.05, 0.1) is 19.6 Å². The van der Waals surface area contributed by atoms with E-state index in [0.717, 1.165) is 12.8 Å². The normalized spacial score (nSPS) is 14.3. The van der Waals surface area contributed by atoms with Crippen molar-refractivity contribution in [2.24, 2.45) is 10.8 Å². The summed E-state index contributed by atoms with van der Waals surface area (Å²) in [6.07, 6.45) is 2.53. The summed E-state index contributed by atoms with van der Waals surface area (Å²) in [5.74, 6) is -0.754. The molecule has 0 rings (SSSR count). The van der Waals surface area contributed by atoms with Gasteiger partial charge in [0.1, 0.15) is 0 Å². The van der Waals surface area contributed by atoms with Crippen molar-refractivity contribution in [1.29, 1.82) is 0 Å². The Kier molecular flexibility index (Phi) is 7.54. The maximum atomic E-state index is 13.0. The lowest BCUT2D eigenvalue weighted by Gasteiger charge is -2.47. The molecule has 0 spiro atoms. The van der Waals surface area contributed by atoms with Gasteiger partial charge in [0.2, 0.25) is 5.91 Å². The van der Waals surface area contributed by atoms with E-state index in [9.17, 15) is 14.7 Å². The number of hydrogen-bond donors (Lipinski definition) is 2. The number of amides is 1. The average molecular weight is 372 g/mol. The number of nitrogens with one attached hydrogen (secondary N) is 1. The Balaban J connectivity index is 5.24. The Bertz CT molecular complexity index is 517. The van der Waals surface area contributed by atoms with E-state index in [1.165, 1.54) is 0 Å². The van der Waals surface area contributed by atoms with Crippen LogP contribution in [0, 0.1) is 10.8 Å². The fourth-order valence-electron chi connectivity index (χ4n) is 3.77. The molecule has 0 heterocycles. The van der Waals surface area contributed by atoms with Crippen LogP contribution < -0.4 is 5.32 Å². The minimum absolute atomic E-state index is 0.0488. The number of hydrogen-bond acceptors (Lipinski definition) is 2. The highest BCUT2D eigenvalue weighted by molar-refractivity contribution is 5.82. The molecular formula is C21H43N2O3+. The highest BCUT2D eigenvalue weighted by Crippen LogP contribution is 2.37. The molecule has 0 fully saturated rings. The summed E-state index contributed by atoms with van der Waals surface area (Å²) < 4.78 is 0.355. The highest BCUT2D eigenvalue weighted by atomic mass is 16.4. The molecule has 0 radical (unpaired) electrons. The van der Waals surface area contributed by atoms with Crippen LogP contribution in [-0.2, 0) is 9.59 Å². The Hall–Kier alpha value is -1.10. The summed E-state index contributed by atoms with van der Waals surface area (Å²) in [6.45, 7) is 18.8. The second-order valence-electron chi connectivity index (χ2n) is 11.1. The van der Waals surface area contributed by atoms with E-state index in [4.69, 9.17) is 0 Å². The highest BCUT2D eigenvalue weighted by Gasteiger charge is 2.44. The van der Waals surface area contributed by atoms with Gasteiger partial charge < -0.3 is 14.9 Å². The third kappa shape index (κ3) is 7.26. The number of carbonyl (C=O) groups is 2. The second-order valence-corrected chi connectivity index (χ2v) is 11.1. The van der Waals surface area contributed by atoms with Crippen LogP contribution in [0.4, 0.5) is 0 Å². The molecule has 0 unspecified atom stereocenters. The van der Waals surface area contributed by atoms with Crippen LogP contribution in [0.15, 0.2) is 0 Å². The number of carbonyl (C=O) groups excluding carboxylic acids is 1. The molecule has 0 aromatic rings. The molecule has 154 valence electrons. The molecule has 5 heteroatoms. The van der Waals surface area contributed by atoms with Crippen LogP contribution in [-0.4, -0.2) is 53.2 Å². The molecule has 0 aliphatic rings. The van der Waals surface area contributed by atoms with Gasteiger partial charge in [0.15, 0.2) is 6.54 Å². The summed E-state index contributed by atoms with van der Waals surface area (Å²) in [6, 6.07) is 0.